The average Bonchev–Trinajstić information content (AvgIpc) is 2.49. The van der Waals surface area contributed by atoms with Gasteiger partial charge < -0.3 is 10.5 Å². The Morgan fingerprint density at radius 1 is 1.22 bits per heavy atom. The van der Waals surface area contributed by atoms with Crippen molar-refractivity contribution in [2.24, 2.45) is 11.1 Å². The number of hydrogen-bond donors (Lipinski definition) is 1. The molecule has 1 saturated carbocycles. The van der Waals surface area contributed by atoms with Crippen LogP contribution in [0, 0.1) is 5.41 Å². The first-order valence-corrected chi connectivity index (χ1v) is 7.54. The molecule has 2 unspecified atom stereocenters. The van der Waals surface area contributed by atoms with E-state index in [1.165, 1.54) is 32.1 Å². The van der Waals surface area contributed by atoms with E-state index in [1.54, 1.807) is 0 Å². The quantitative estimate of drug-likeness (QED) is 0.769. The number of ether oxygens (including phenoxy) is 1. The van der Waals surface area contributed by atoms with Crippen LogP contribution < -0.4 is 5.73 Å². The van der Waals surface area contributed by atoms with Crippen molar-refractivity contribution < 1.29 is 4.74 Å². The van der Waals surface area contributed by atoms with Gasteiger partial charge in [-0.3, -0.25) is 4.90 Å². The molecule has 0 aromatic heterocycles. The van der Waals surface area contributed by atoms with E-state index in [-0.39, 0.29) is 5.54 Å². The Labute approximate surface area is 112 Å². The molecule has 0 aromatic rings. The molecule has 106 valence electrons. The predicted molar refractivity (Wildman–Crippen MR) is 75.6 cm³/mol. The van der Waals surface area contributed by atoms with Crippen LogP contribution in [0.2, 0.25) is 0 Å². The van der Waals surface area contributed by atoms with E-state index in [9.17, 15) is 0 Å². The molecule has 1 aliphatic heterocycles. The topological polar surface area (TPSA) is 38.5 Å². The van der Waals surface area contributed by atoms with Crippen molar-refractivity contribution >= 4 is 0 Å². The van der Waals surface area contributed by atoms with Crippen molar-refractivity contribution in [1.82, 2.24) is 4.90 Å². The van der Waals surface area contributed by atoms with Gasteiger partial charge in [-0.2, -0.15) is 0 Å². The van der Waals surface area contributed by atoms with Crippen molar-refractivity contribution in [2.75, 3.05) is 26.3 Å². The Kier molecular flexibility index (Phi) is 4.35. The van der Waals surface area contributed by atoms with E-state index in [1.807, 2.05) is 0 Å². The minimum absolute atomic E-state index is 0.233. The Hall–Kier alpha value is -0.120. The number of nitrogens with two attached hydrogens (primary N) is 1. The second-order valence-corrected chi connectivity index (χ2v) is 7.06. The monoisotopic (exact) mass is 254 g/mol. The summed E-state index contributed by atoms with van der Waals surface area (Å²) in [6, 6.07) is 0.517. The van der Waals surface area contributed by atoms with E-state index >= 15 is 0 Å². The van der Waals surface area contributed by atoms with Crippen LogP contribution in [0.25, 0.3) is 0 Å². The predicted octanol–water partition coefficient (Wildman–Crippen LogP) is 2.39. The lowest BCUT2D eigenvalue weighted by molar-refractivity contribution is -0.0624. The number of morpholine rings is 1. The fourth-order valence-corrected chi connectivity index (χ4v) is 3.76. The fraction of sp³-hybridized carbons (Fsp3) is 1.00. The number of hydrogen-bond acceptors (Lipinski definition) is 3. The van der Waals surface area contributed by atoms with Crippen molar-refractivity contribution in [3.63, 3.8) is 0 Å². The number of nitrogens with zero attached hydrogens (tertiary/aromatic N) is 1. The summed E-state index contributed by atoms with van der Waals surface area (Å²) < 4.78 is 5.58. The van der Waals surface area contributed by atoms with Crippen LogP contribution in [0.15, 0.2) is 0 Å². The summed E-state index contributed by atoms with van der Waals surface area (Å²) in [7, 11) is 0. The molecule has 0 spiro atoms. The van der Waals surface area contributed by atoms with Gasteiger partial charge in [0.15, 0.2) is 0 Å². The Bertz CT molecular complexity index is 280. The molecule has 2 N–H and O–H groups in total. The van der Waals surface area contributed by atoms with Gasteiger partial charge in [0.1, 0.15) is 0 Å². The standard InChI is InChI=1S/C15H30N2O/c1-13-11-18-10-9-17(13)15(12-16)6-4-5-14(2,3)7-8-15/h13H,4-12,16H2,1-3H3. The lowest BCUT2D eigenvalue weighted by Crippen LogP contribution is -2.60. The summed E-state index contributed by atoms with van der Waals surface area (Å²) in [5, 5.41) is 0. The Morgan fingerprint density at radius 2 is 2.00 bits per heavy atom. The Balaban J connectivity index is 2.13. The van der Waals surface area contributed by atoms with Crippen LogP contribution in [0.4, 0.5) is 0 Å². The molecule has 1 heterocycles. The molecule has 3 heteroatoms. The van der Waals surface area contributed by atoms with E-state index in [2.05, 4.69) is 25.7 Å². The summed E-state index contributed by atoms with van der Waals surface area (Å²) in [5.74, 6) is 0. The molecule has 1 saturated heterocycles. The Morgan fingerprint density at radius 3 is 2.67 bits per heavy atom. The molecular weight excluding hydrogens is 224 g/mol. The van der Waals surface area contributed by atoms with Crippen molar-refractivity contribution in [3.8, 4) is 0 Å². The molecule has 2 fully saturated rings. The first-order valence-electron chi connectivity index (χ1n) is 7.54. The zero-order valence-corrected chi connectivity index (χ0v) is 12.4. The molecule has 3 nitrogen and oxygen atoms in total. The summed E-state index contributed by atoms with van der Waals surface area (Å²) in [4.78, 5) is 2.65. The molecular formula is C15H30N2O. The average molecular weight is 254 g/mol. The zero-order chi connectivity index (χ0) is 13.2. The lowest BCUT2D eigenvalue weighted by Gasteiger charge is -2.48. The smallest absolute Gasteiger partial charge is 0.0620 e. The molecule has 0 radical (unpaired) electrons. The van der Waals surface area contributed by atoms with E-state index in [4.69, 9.17) is 10.5 Å². The van der Waals surface area contributed by atoms with Gasteiger partial charge in [-0.15, -0.1) is 0 Å². The molecule has 0 aromatic carbocycles. The van der Waals surface area contributed by atoms with Crippen molar-refractivity contribution in [3.05, 3.63) is 0 Å². The fourth-order valence-electron chi connectivity index (χ4n) is 3.76. The maximum absolute atomic E-state index is 6.21. The van der Waals surface area contributed by atoms with Crippen molar-refractivity contribution in [1.29, 1.82) is 0 Å². The van der Waals surface area contributed by atoms with Crippen LogP contribution in [0.3, 0.4) is 0 Å². The first kappa shape index (κ1) is 14.3. The van der Waals surface area contributed by atoms with Gasteiger partial charge in [0, 0.05) is 24.7 Å². The minimum Gasteiger partial charge on any atom is -0.379 e. The van der Waals surface area contributed by atoms with E-state index in [0.717, 1.165) is 26.3 Å². The van der Waals surface area contributed by atoms with Crippen molar-refractivity contribution in [2.45, 2.75) is 64.5 Å². The van der Waals surface area contributed by atoms with Gasteiger partial charge in [0.2, 0.25) is 0 Å². The van der Waals surface area contributed by atoms with Gasteiger partial charge in [0.05, 0.1) is 13.2 Å². The normalized spacial score (nSPS) is 38.3. The summed E-state index contributed by atoms with van der Waals surface area (Å²) in [6.45, 7) is 10.7. The summed E-state index contributed by atoms with van der Waals surface area (Å²) in [6.07, 6.45) is 6.47. The first-order chi connectivity index (χ1) is 8.49. The molecule has 2 aliphatic rings. The highest BCUT2D eigenvalue weighted by Crippen LogP contribution is 2.41. The molecule has 0 bridgehead atoms. The molecule has 1 aliphatic carbocycles. The zero-order valence-electron chi connectivity index (χ0n) is 12.4. The second kappa shape index (κ2) is 5.48. The van der Waals surface area contributed by atoms with Crippen LogP contribution in [0.1, 0.15) is 52.9 Å². The van der Waals surface area contributed by atoms with Gasteiger partial charge in [0.25, 0.3) is 0 Å². The van der Waals surface area contributed by atoms with Gasteiger partial charge in [-0.05, 0) is 38.0 Å². The highest BCUT2D eigenvalue weighted by molar-refractivity contribution is 4.98. The summed E-state index contributed by atoms with van der Waals surface area (Å²) in [5.41, 5.74) is 6.93. The lowest BCUT2D eigenvalue weighted by atomic mass is 9.82. The largest absolute Gasteiger partial charge is 0.379 e. The van der Waals surface area contributed by atoms with Gasteiger partial charge in [-0.1, -0.05) is 20.3 Å². The third-order valence-electron chi connectivity index (χ3n) is 5.12. The number of rotatable bonds is 2. The van der Waals surface area contributed by atoms with E-state index in [0.29, 0.717) is 11.5 Å². The van der Waals surface area contributed by atoms with Crippen LogP contribution in [-0.4, -0.2) is 42.8 Å². The minimum atomic E-state index is 0.233. The van der Waals surface area contributed by atoms with Gasteiger partial charge in [-0.25, -0.2) is 0 Å². The van der Waals surface area contributed by atoms with Crippen LogP contribution in [-0.2, 0) is 4.74 Å². The van der Waals surface area contributed by atoms with Crippen LogP contribution in [0.5, 0.6) is 0 Å². The third-order valence-corrected chi connectivity index (χ3v) is 5.12. The SMILES string of the molecule is CC1COCCN1C1(CN)CCCC(C)(C)CC1. The maximum Gasteiger partial charge on any atom is 0.0620 e. The molecule has 2 atom stereocenters. The highest BCUT2D eigenvalue weighted by atomic mass is 16.5. The molecule has 2 rings (SSSR count). The third kappa shape index (κ3) is 2.89. The van der Waals surface area contributed by atoms with Gasteiger partial charge >= 0.3 is 0 Å². The van der Waals surface area contributed by atoms with E-state index < -0.39 is 0 Å². The summed E-state index contributed by atoms with van der Waals surface area (Å²) >= 11 is 0. The maximum atomic E-state index is 6.21. The highest BCUT2D eigenvalue weighted by Gasteiger charge is 2.41. The molecule has 18 heavy (non-hydrogen) atoms. The second-order valence-electron chi connectivity index (χ2n) is 7.06. The molecule has 0 amide bonds. The van der Waals surface area contributed by atoms with Crippen LogP contribution >= 0.6 is 0 Å².